The first kappa shape index (κ1) is 10.9. The molecular weight excluding hydrogens is 224 g/mol. The predicted molar refractivity (Wildman–Crippen MR) is 71.5 cm³/mol. The molecule has 0 amide bonds. The van der Waals surface area contributed by atoms with Gasteiger partial charge in [-0.3, -0.25) is 4.57 Å². The summed E-state index contributed by atoms with van der Waals surface area (Å²) in [5, 5.41) is 0. The third kappa shape index (κ3) is 1.58. The molecular formula is C14H14N4. The zero-order valence-electron chi connectivity index (χ0n) is 10.2. The van der Waals surface area contributed by atoms with E-state index in [0.717, 1.165) is 28.0 Å². The van der Waals surface area contributed by atoms with Crippen molar-refractivity contribution < 1.29 is 0 Å². The van der Waals surface area contributed by atoms with Crippen molar-refractivity contribution in [3.8, 4) is 5.82 Å². The molecule has 0 unspecified atom stereocenters. The van der Waals surface area contributed by atoms with E-state index in [9.17, 15) is 0 Å². The molecule has 0 aliphatic carbocycles. The Balaban J connectivity index is 2.30. The van der Waals surface area contributed by atoms with Crippen LogP contribution in [0.15, 0.2) is 42.9 Å². The Morgan fingerprint density at radius 3 is 2.83 bits per heavy atom. The summed E-state index contributed by atoms with van der Waals surface area (Å²) >= 11 is 0. The minimum Gasteiger partial charge on any atom is -0.326 e. The molecule has 0 aliphatic heterocycles. The summed E-state index contributed by atoms with van der Waals surface area (Å²) in [6.45, 7) is 2.52. The first-order valence-corrected chi connectivity index (χ1v) is 5.88. The molecule has 4 heteroatoms. The SMILES string of the molecule is Cc1ccnc(-n2cnc3ccccc32)c1CN. The van der Waals surface area contributed by atoms with Gasteiger partial charge in [0.15, 0.2) is 0 Å². The molecule has 0 aliphatic rings. The van der Waals surface area contributed by atoms with Crippen molar-refractivity contribution >= 4 is 11.0 Å². The number of hydrogen-bond acceptors (Lipinski definition) is 3. The topological polar surface area (TPSA) is 56.7 Å². The Morgan fingerprint density at radius 1 is 1.17 bits per heavy atom. The fraction of sp³-hybridized carbons (Fsp3) is 0.143. The highest BCUT2D eigenvalue weighted by molar-refractivity contribution is 5.77. The number of hydrogen-bond donors (Lipinski definition) is 1. The molecule has 90 valence electrons. The van der Waals surface area contributed by atoms with E-state index in [0.29, 0.717) is 6.54 Å². The number of nitrogens with two attached hydrogens (primary N) is 1. The lowest BCUT2D eigenvalue weighted by Crippen LogP contribution is -2.08. The van der Waals surface area contributed by atoms with Crippen molar-refractivity contribution in [2.45, 2.75) is 13.5 Å². The third-order valence-corrected chi connectivity index (χ3v) is 3.15. The zero-order valence-corrected chi connectivity index (χ0v) is 10.2. The van der Waals surface area contributed by atoms with Crippen LogP contribution in [0, 0.1) is 6.92 Å². The van der Waals surface area contributed by atoms with Crippen LogP contribution in [-0.4, -0.2) is 14.5 Å². The smallest absolute Gasteiger partial charge is 0.143 e. The molecule has 2 N–H and O–H groups in total. The molecule has 0 atom stereocenters. The third-order valence-electron chi connectivity index (χ3n) is 3.15. The molecule has 3 aromatic rings. The molecule has 0 saturated carbocycles. The minimum atomic E-state index is 0.474. The molecule has 2 heterocycles. The summed E-state index contributed by atoms with van der Waals surface area (Å²) < 4.78 is 1.99. The molecule has 2 aromatic heterocycles. The van der Waals surface area contributed by atoms with E-state index in [1.165, 1.54) is 0 Å². The van der Waals surface area contributed by atoms with Crippen molar-refractivity contribution in [2.24, 2.45) is 5.73 Å². The lowest BCUT2D eigenvalue weighted by molar-refractivity contribution is 0.938. The molecule has 0 saturated heterocycles. The Hall–Kier alpha value is -2.20. The van der Waals surface area contributed by atoms with Crippen LogP contribution in [-0.2, 0) is 6.54 Å². The molecule has 18 heavy (non-hydrogen) atoms. The van der Waals surface area contributed by atoms with Crippen LogP contribution in [0.5, 0.6) is 0 Å². The number of para-hydroxylation sites is 2. The van der Waals surface area contributed by atoms with Crippen molar-refractivity contribution in [3.63, 3.8) is 0 Å². The minimum absolute atomic E-state index is 0.474. The molecule has 0 bridgehead atoms. The van der Waals surface area contributed by atoms with E-state index in [1.807, 2.05) is 41.8 Å². The van der Waals surface area contributed by atoms with Crippen LogP contribution in [0.4, 0.5) is 0 Å². The zero-order chi connectivity index (χ0) is 12.5. The van der Waals surface area contributed by atoms with Gasteiger partial charge in [0.05, 0.1) is 11.0 Å². The van der Waals surface area contributed by atoms with E-state index in [2.05, 4.69) is 9.97 Å². The van der Waals surface area contributed by atoms with Crippen LogP contribution >= 0.6 is 0 Å². The maximum Gasteiger partial charge on any atom is 0.143 e. The van der Waals surface area contributed by atoms with Gasteiger partial charge in [0.25, 0.3) is 0 Å². The molecule has 0 fully saturated rings. The van der Waals surface area contributed by atoms with E-state index < -0.39 is 0 Å². The second-order valence-corrected chi connectivity index (χ2v) is 4.24. The van der Waals surface area contributed by atoms with Gasteiger partial charge in [-0.05, 0) is 30.7 Å². The number of nitrogens with zero attached hydrogens (tertiary/aromatic N) is 3. The largest absolute Gasteiger partial charge is 0.326 e. The number of rotatable bonds is 2. The van der Waals surface area contributed by atoms with E-state index >= 15 is 0 Å². The predicted octanol–water partition coefficient (Wildman–Crippen LogP) is 2.19. The second kappa shape index (κ2) is 4.23. The van der Waals surface area contributed by atoms with Gasteiger partial charge >= 0.3 is 0 Å². The summed E-state index contributed by atoms with van der Waals surface area (Å²) in [7, 11) is 0. The van der Waals surface area contributed by atoms with Crippen molar-refractivity contribution in [1.29, 1.82) is 0 Å². The van der Waals surface area contributed by atoms with E-state index in [1.54, 1.807) is 12.5 Å². The Morgan fingerprint density at radius 2 is 2.00 bits per heavy atom. The lowest BCUT2D eigenvalue weighted by Gasteiger charge is -2.10. The Labute approximate surface area is 105 Å². The molecule has 4 nitrogen and oxygen atoms in total. The van der Waals surface area contributed by atoms with Crippen molar-refractivity contribution in [2.75, 3.05) is 0 Å². The second-order valence-electron chi connectivity index (χ2n) is 4.24. The average molecular weight is 238 g/mol. The monoisotopic (exact) mass is 238 g/mol. The summed E-state index contributed by atoms with van der Waals surface area (Å²) in [5.74, 6) is 0.867. The van der Waals surface area contributed by atoms with Crippen LogP contribution < -0.4 is 5.73 Å². The quantitative estimate of drug-likeness (QED) is 0.744. The van der Waals surface area contributed by atoms with E-state index in [-0.39, 0.29) is 0 Å². The average Bonchev–Trinajstić information content (AvgIpc) is 2.82. The summed E-state index contributed by atoms with van der Waals surface area (Å²) in [6.07, 6.45) is 3.60. The van der Waals surface area contributed by atoms with Gasteiger partial charge in [0, 0.05) is 18.3 Å². The number of aryl methyl sites for hydroxylation is 1. The fourth-order valence-electron chi connectivity index (χ4n) is 2.16. The van der Waals surface area contributed by atoms with Gasteiger partial charge in [-0.15, -0.1) is 0 Å². The van der Waals surface area contributed by atoms with Crippen molar-refractivity contribution in [1.82, 2.24) is 14.5 Å². The van der Waals surface area contributed by atoms with Crippen LogP contribution in [0.25, 0.3) is 16.9 Å². The summed E-state index contributed by atoms with van der Waals surface area (Å²) in [5.41, 5.74) is 10.0. The maximum atomic E-state index is 5.83. The number of pyridine rings is 1. The van der Waals surface area contributed by atoms with E-state index in [4.69, 9.17) is 5.73 Å². The maximum absolute atomic E-state index is 5.83. The molecule has 3 rings (SSSR count). The Bertz CT molecular complexity index is 700. The van der Waals surface area contributed by atoms with Gasteiger partial charge in [-0.1, -0.05) is 12.1 Å². The van der Waals surface area contributed by atoms with Gasteiger partial charge in [0.2, 0.25) is 0 Å². The summed E-state index contributed by atoms with van der Waals surface area (Å²) in [6, 6.07) is 9.98. The highest BCUT2D eigenvalue weighted by Crippen LogP contribution is 2.20. The fourth-order valence-corrected chi connectivity index (χ4v) is 2.16. The Kier molecular flexibility index (Phi) is 2.57. The summed E-state index contributed by atoms with van der Waals surface area (Å²) in [4.78, 5) is 8.83. The molecule has 1 aromatic carbocycles. The van der Waals surface area contributed by atoms with Gasteiger partial charge < -0.3 is 5.73 Å². The lowest BCUT2D eigenvalue weighted by atomic mass is 10.1. The number of benzene rings is 1. The molecule has 0 radical (unpaired) electrons. The van der Waals surface area contributed by atoms with Gasteiger partial charge in [0.1, 0.15) is 12.1 Å². The van der Waals surface area contributed by atoms with Crippen LogP contribution in [0.3, 0.4) is 0 Å². The van der Waals surface area contributed by atoms with Crippen LogP contribution in [0.2, 0.25) is 0 Å². The van der Waals surface area contributed by atoms with Gasteiger partial charge in [-0.25, -0.2) is 9.97 Å². The first-order chi connectivity index (χ1) is 8.81. The number of fused-ring (bicyclic) bond motifs is 1. The number of imidazole rings is 1. The highest BCUT2D eigenvalue weighted by atomic mass is 15.1. The number of aromatic nitrogens is 3. The highest BCUT2D eigenvalue weighted by Gasteiger charge is 2.10. The normalized spacial score (nSPS) is 11.0. The van der Waals surface area contributed by atoms with Crippen LogP contribution in [0.1, 0.15) is 11.1 Å². The molecule has 0 spiro atoms. The first-order valence-electron chi connectivity index (χ1n) is 5.88. The standard InChI is InChI=1S/C14H14N4/c1-10-6-7-16-14(11(10)8-15)18-9-17-12-4-2-3-5-13(12)18/h2-7,9H,8,15H2,1H3. The van der Waals surface area contributed by atoms with Crippen molar-refractivity contribution in [3.05, 3.63) is 54.0 Å². The van der Waals surface area contributed by atoms with Gasteiger partial charge in [-0.2, -0.15) is 0 Å².